The minimum Gasteiger partial charge on any atom is -0.380 e. The molecule has 0 aromatic heterocycles. The van der Waals surface area contributed by atoms with Gasteiger partial charge in [0.2, 0.25) is 0 Å². The predicted molar refractivity (Wildman–Crippen MR) is 67.6 cm³/mol. The van der Waals surface area contributed by atoms with E-state index in [1.54, 1.807) is 0 Å². The molecule has 0 aliphatic carbocycles. The van der Waals surface area contributed by atoms with Gasteiger partial charge in [0.15, 0.2) is 0 Å². The summed E-state index contributed by atoms with van der Waals surface area (Å²) in [4.78, 5) is 2.44. The van der Waals surface area contributed by atoms with Crippen LogP contribution in [0.25, 0.3) is 0 Å². The molecule has 0 aromatic carbocycles. The van der Waals surface area contributed by atoms with Crippen LogP contribution in [0.1, 0.15) is 20.3 Å². The fraction of sp³-hybridized carbons (Fsp3) is 1.00. The van der Waals surface area contributed by atoms with Gasteiger partial charge in [0.05, 0.1) is 6.61 Å². The number of hydrogen-bond donors (Lipinski definition) is 2. The highest BCUT2D eigenvalue weighted by atomic mass is 16.5. The van der Waals surface area contributed by atoms with E-state index in [4.69, 9.17) is 10.5 Å². The highest BCUT2D eigenvalue weighted by molar-refractivity contribution is 4.79. The third-order valence-electron chi connectivity index (χ3n) is 3.11. The molecule has 1 unspecified atom stereocenters. The molecule has 0 radical (unpaired) electrons. The second-order valence-electron chi connectivity index (χ2n) is 4.92. The van der Waals surface area contributed by atoms with Gasteiger partial charge in [0, 0.05) is 45.4 Å². The number of nitrogens with two attached hydrogens (primary N) is 1. The number of hydrogen-bond acceptors (Lipinski definition) is 4. The molecule has 1 saturated heterocycles. The largest absolute Gasteiger partial charge is 0.380 e. The van der Waals surface area contributed by atoms with Crippen molar-refractivity contribution in [1.82, 2.24) is 10.2 Å². The lowest BCUT2D eigenvalue weighted by Gasteiger charge is -2.35. The van der Waals surface area contributed by atoms with Crippen LogP contribution in [0.2, 0.25) is 0 Å². The van der Waals surface area contributed by atoms with Crippen molar-refractivity contribution in [2.24, 2.45) is 11.7 Å². The molecule has 96 valence electrons. The number of piperazine rings is 1. The Balaban J connectivity index is 2.06. The van der Waals surface area contributed by atoms with Crippen molar-refractivity contribution < 1.29 is 4.74 Å². The molecule has 1 atom stereocenters. The SMILES string of the molecule is CC(C)CCOCCN1CCNCC1CN. The van der Waals surface area contributed by atoms with E-state index >= 15 is 0 Å². The van der Waals surface area contributed by atoms with Gasteiger partial charge in [-0.3, -0.25) is 4.90 Å². The molecular weight excluding hydrogens is 202 g/mol. The zero-order chi connectivity index (χ0) is 11.8. The van der Waals surface area contributed by atoms with Crippen molar-refractivity contribution in [2.75, 3.05) is 45.9 Å². The van der Waals surface area contributed by atoms with E-state index in [1.807, 2.05) is 0 Å². The van der Waals surface area contributed by atoms with Crippen LogP contribution in [0.4, 0.5) is 0 Å². The Labute approximate surface area is 99.5 Å². The van der Waals surface area contributed by atoms with Crippen LogP contribution in [0.15, 0.2) is 0 Å². The number of rotatable bonds is 7. The first kappa shape index (κ1) is 13.9. The lowest BCUT2D eigenvalue weighted by molar-refractivity contribution is 0.0737. The normalized spacial score (nSPS) is 22.9. The minimum absolute atomic E-state index is 0.488. The van der Waals surface area contributed by atoms with E-state index in [0.29, 0.717) is 6.04 Å². The second-order valence-corrected chi connectivity index (χ2v) is 4.92. The average Bonchev–Trinajstić information content (AvgIpc) is 2.29. The Morgan fingerprint density at radius 1 is 1.44 bits per heavy atom. The molecule has 0 spiro atoms. The molecule has 0 saturated carbocycles. The number of nitrogens with zero attached hydrogens (tertiary/aromatic N) is 1. The monoisotopic (exact) mass is 229 g/mol. The molecule has 4 nitrogen and oxygen atoms in total. The zero-order valence-electron chi connectivity index (χ0n) is 10.7. The van der Waals surface area contributed by atoms with Gasteiger partial charge in [-0.15, -0.1) is 0 Å². The second kappa shape index (κ2) is 8.01. The fourth-order valence-corrected chi connectivity index (χ4v) is 1.93. The standard InChI is InChI=1S/C12H27N3O/c1-11(2)3-7-16-8-6-15-5-4-14-10-12(15)9-13/h11-12,14H,3-10,13H2,1-2H3. The molecule has 4 heteroatoms. The lowest BCUT2D eigenvalue weighted by Crippen LogP contribution is -2.55. The summed E-state index contributed by atoms with van der Waals surface area (Å²) in [6, 6.07) is 0.488. The molecule has 1 aliphatic rings. The molecule has 1 heterocycles. The van der Waals surface area contributed by atoms with Crippen LogP contribution in [-0.4, -0.2) is 56.9 Å². The van der Waals surface area contributed by atoms with Gasteiger partial charge in [0.1, 0.15) is 0 Å². The van der Waals surface area contributed by atoms with Gasteiger partial charge in [-0.25, -0.2) is 0 Å². The Kier molecular flexibility index (Phi) is 6.96. The van der Waals surface area contributed by atoms with Gasteiger partial charge in [-0.1, -0.05) is 13.8 Å². The van der Waals surface area contributed by atoms with Crippen molar-refractivity contribution in [3.05, 3.63) is 0 Å². The first-order valence-corrected chi connectivity index (χ1v) is 6.46. The summed E-state index contributed by atoms with van der Waals surface area (Å²) in [7, 11) is 0. The van der Waals surface area contributed by atoms with E-state index < -0.39 is 0 Å². The van der Waals surface area contributed by atoms with Crippen molar-refractivity contribution >= 4 is 0 Å². The van der Waals surface area contributed by atoms with E-state index in [-0.39, 0.29) is 0 Å². The molecule has 1 rings (SSSR count). The van der Waals surface area contributed by atoms with Crippen LogP contribution in [-0.2, 0) is 4.74 Å². The molecule has 3 N–H and O–H groups in total. The topological polar surface area (TPSA) is 50.5 Å². The maximum Gasteiger partial charge on any atom is 0.0593 e. The zero-order valence-corrected chi connectivity index (χ0v) is 10.7. The van der Waals surface area contributed by atoms with Crippen LogP contribution >= 0.6 is 0 Å². The molecule has 1 aliphatic heterocycles. The summed E-state index contributed by atoms with van der Waals surface area (Å²) >= 11 is 0. The van der Waals surface area contributed by atoms with Crippen molar-refractivity contribution in [2.45, 2.75) is 26.3 Å². The van der Waals surface area contributed by atoms with Crippen molar-refractivity contribution in [1.29, 1.82) is 0 Å². The minimum atomic E-state index is 0.488. The summed E-state index contributed by atoms with van der Waals surface area (Å²) in [6.45, 7) is 11.1. The van der Waals surface area contributed by atoms with E-state index in [0.717, 1.165) is 58.3 Å². The molecule has 0 aromatic rings. The smallest absolute Gasteiger partial charge is 0.0593 e. The van der Waals surface area contributed by atoms with Crippen molar-refractivity contribution in [3.8, 4) is 0 Å². The maximum atomic E-state index is 5.74. The van der Waals surface area contributed by atoms with Gasteiger partial charge in [0.25, 0.3) is 0 Å². The quantitative estimate of drug-likeness (QED) is 0.616. The third-order valence-corrected chi connectivity index (χ3v) is 3.11. The highest BCUT2D eigenvalue weighted by Crippen LogP contribution is 2.02. The number of nitrogens with one attached hydrogen (secondary N) is 1. The summed E-state index contributed by atoms with van der Waals surface area (Å²) < 4.78 is 5.64. The third kappa shape index (κ3) is 5.25. The highest BCUT2D eigenvalue weighted by Gasteiger charge is 2.19. The summed E-state index contributed by atoms with van der Waals surface area (Å²) in [6.07, 6.45) is 1.15. The molecular formula is C12H27N3O. The Morgan fingerprint density at radius 3 is 2.94 bits per heavy atom. The molecule has 0 bridgehead atoms. The Morgan fingerprint density at radius 2 is 2.25 bits per heavy atom. The lowest BCUT2D eigenvalue weighted by atomic mass is 10.1. The van der Waals surface area contributed by atoms with Crippen LogP contribution in [0, 0.1) is 5.92 Å². The van der Waals surface area contributed by atoms with Crippen LogP contribution in [0.5, 0.6) is 0 Å². The summed E-state index contributed by atoms with van der Waals surface area (Å²) in [5.41, 5.74) is 5.74. The van der Waals surface area contributed by atoms with Gasteiger partial charge in [-0.2, -0.15) is 0 Å². The van der Waals surface area contributed by atoms with E-state index in [9.17, 15) is 0 Å². The van der Waals surface area contributed by atoms with Crippen molar-refractivity contribution in [3.63, 3.8) is 0 Å². The predicted octanol–water partition coefficient (Wildman–Crippen LogP) is 0.282. The number of ether oxygens (including phenoxy) is 1. The van der Waals surface area contributed by atoms with Gasteiger partial charge >= 0.3 is 0 Å². The van der Waals surface area contributed by atoms with Gasteiger partial charge in [-0.05, 0) is 12.3 Å². The molecule has 16 heavy (non-hydrogen) atoms. The maximum absolute atomic E-state index is 5.74. The Bertz CT molecular complexity index is 176. The van der Waals surface area contributed by atoms with Gasteiger partial charge < -0.3 is 15.8 Å². The summed E-state index contributed by atoms with van der Waals surface area (Å²) in [5.74, 6) is 0.732. The van der Waals surface area contributed by atoms with E-state index in [2.05, 4.69) is 24.1 Å². The first-order valence-electron chi connectivity index (χ1n) is 6.46. The Hall–Kier alpha value is -0.160. The van der Waals surface area contributed by atoms with Crippen LogP contribution in [0.3, 0.4) is 0 Å². The van der Waals surface area contributed by atoms with Crippen LogP contribution < -0.4 is 11.1 Å². The molecule has 0 amide bonds. The van der Waals surface area contributed by atoms with E-state index in [1.165, 1.54) is 0 Å². The summed E-state index contributed by atoms with van der Waals surface area (Å²) in [5, 5.41) is 3.37. The fourth-order valence-electron chi connectivity index (χ4n) is 1.93. The molecule has 1 fully saturated rings. The first-order chi connectivity index (χ1) is 7.74. The average molecular weight is 229 g/mol.